The Bertz CT molecular complexity index is 518. The molecule has 0 aliphatic carbocycles. The summed E-state index contributed by atoms with van der Waals surface area (Å²) in [6.07, 6.45) is 3.35. The number of nitrogens with zero attached hydrogens (tertiary/aromatic N) is 1. The number of hydrogen-bond acceptors (Lipinski definition) is 2. The van der Waals surface area contributed by atoms with E-state index in [1.165, 1.54) is 0 Å². The van der Waals surface area contributed by atoms with Gasteiger partial charge in [0.05, 0.1) is 11.7 Å². The fraction of sp³-hybridized carbons (Fsp3) is 0.111. The second-order valence-corrected chi connectivity index (χ2v) is 3.72. The fourth-order valence-corrected chi connectivity index (χ4v) is 1.64. The van der Waals surface area contributed by atoms with Crippen LogP contribution in [0.4, 0.5) is 0 Å². The van der Waals surface area contributed by atoms with Crippen molar-refractivity contribution in [2.45, 2.75) is 6.92 Å². The molecule has 3 nitrogen and oxygen atoms in total. The Balaban J connectivity index is 2.97. The van der Waals surface area contributed by atoms with E-state index in [1.807, 2.05) is 6.07 Å². The third kappa shape index (κ3) is 1.37. The average Bonchev–Trinajstić information content (AvgIpc) is 2.09. The lowest BCUT2D eigenvalue weighted by Gasteiger charge is -1.99. The van der Waals surface area contributed by atoms with E-state index in [0.717, 1.165) is 15.4 Å². The van der Waals surface area contributed by atoms with Crippen molar-refractivity contribution in [3.8, 4) is 0 Å². The summed E-state index contributed by atoms with van der Waals surface area (Å²) in [4.78, 5) is 18.0. The SMILES string of the molecule is Cc1cc2c(Br)cncc2[nH]c1=O. The zero-order chi connectivity index (χ0) is 9.42. The number of aryl methyl sites for hydroxylation is 1. The first-order valence-electron chi connectivity index (χ1n) is 3.81. The predicted molar refractivity (Wildman–Crippen MR) is 54.8 cm³/mol. The van der Waals surface area contributed by atoms with Crippen molar-refractivity contribution in [3.05, 3.63) is 38.9 Å². The van der Waals surface area contributed by atoms with Crippen LogP contribution in [0.15, 0.2) is 27.7 Å². The Morgan fingerprint density at radius 1 is 1.46 bits per heavy atom. The summed E-state index contributed by atoms with van der Waals surface area (Å²) < 4.78 is 0.893. The number of nitrogens with one attached hydrogen (secondary N) is 1. The quantitative estimate of drug-likeness (QED) is 0.764. The third-order valence-electron chi connectivity index (χ3n) is 1.91. The molecule has 66 valence electrons. The molecule has 0 unspecified atom stereocenters. The Kier molecular flexibility index (Phi) is 1.92. The second-order valence-electron chi connectivity index (χ2n) is 2.86. The maximum atomic E-state index is 11.2. The molecule has 2 aromatic rings. The molecule has 0 saturated carbocycles. The van der Waals surface area contributed by atoms with E-state index < -0.39 is 0 Å². The first kappa shape index (κ1) is 8.44. The van der Waals surface area contributed by atoms with Gasteiger partial charge in [-0.1, -0.05) is 0 Å². The average molecular weight is 239 g/mol. The molecular weight excluding hydrogens is 232 g/mol. The van der Waals surface area contributed by atoms with Gasteiger partial charge in [-0.2, -0.15) is 0 Å². The Hall–Kier alpha value is -1.16. The Morgan fingerprint density at radius 2 is 2.23 bits per heavy atom. The largest absolute Gasteiger partial charge is 0.320 e. The van der Waals surface area contributed by atoms with Gasteiger partial charge in [0, 0.05) is 21.6 Å². The van der Waals surface area contributed by atoms with Crippen molar-refractivity contribution in [1.29, 1.82) is 0 Å². The van der Waals surface area contributed by atoms with Gasteiger partial charge < -0.3 is 4.98 Å². The van der Waals surface area contributed by atoms with E-state index >= 15 is 0 Å². The fourth-order valence-electron chi connectivity index (χ4n) is 1.19. The number of halogens is 1. The minimum Gasteiger partial charge on any atom is -0.320 e. The van der Waals surface area contributed by atoms with Crippen LogP contribution in [-0.4, -0.2) is 9.97 Å². The Labute approximate surface area is 82.9 Å². The van der Waals surface area contributed by atoms with Crippen LogP contribution in [0.3, 0.4) is 0 Å². The number of aromatic amines is 1. The summed E-state index contributed by atoms with van der Waals surface area (Å²) in [7, 11) is 0. The normalized spacial score (nSPS) is 10.6. The summed E-state index contributed by atoms with van der Waals surface area (Å²) in [5.74, 6) is 0. The standard InChI is InChI=1S/C9H7BrN2O/c1-5-2-6-7(10)3-11-4-8(6)12-9(5)13/h2-4H,1H3,(H,12,13). The maximum absolute atomic E-state index is 11.2. The molecule has 0 bridgehead atoms. The lowest BCUT2D eigenvalue weighted by atomic mass is 10.2. The van der Waals surface area contributed by atoms with Gasteiger partial charge in [0.2, 0.25) is 0 Å². The maximum Gasteiger partial charge on any atom is 0.251 e. The van der Waals surface area contributed by atoms with Crippen molar-refractivity contribution in [2.75, 3.05) is 0 Å². The van der Waals surface area contributed by atoms with Gasteiger partial charge in [-0.05, 0) is 28.9 Å². The molecule has 2 rings (SSSR count). The highest BCUT2D eigenvalue weighted by molar-refractivity contribution is 9.10. The molecule has 0 radical (unpaired) electrons. The molecule has 13 heavy (non-hydrogen) atoms. The molecule has 0 spiro atoms. The number of hydrogen-bond donors (Lipinski definition) is 1. The van der Waals surface area contributed by atoms with Gasteiger partial charge in [-0.3, -0.25) is 9.78 Å². The summed E-state index contributed by atoms with van der Waals surface area (Å²) in [6.45, 7) is 1.78. The van der Waals surface area contributed by atoms with Crippen LogP contribution in [-0.2, 0) is 0 Å². The molecule has 2 heterocycles. The second kappa shape index (κ2) is 2.96. The highest BCUT2D eigenvalue weighted by atomic mass is 79.9. The molecule has 0 aromatic carbocycles. The zero-order valence-corrected chi connectivity index (χ0v) is 8.55. The molecule has 0 aliphatic rings. The van der Waals surface area contributed by atoms with Gasteiger partial charge in [-0.15, -0.1) is 0 Å². The lowest BCUT2D eigenvalue weighted by molar-refractivity contribution is 1.21. The van der Waals surface area contributed by atoms with Crippen molar-refractivity contribution in [1.82, 2.24) is 9.97 Å². The van der Waals surface area contributed by atoms with Crippen LogP contribution in [0.1, 0.15) is 5.56 Å². The van der Waals surface area contributed by atoms with Crippen LogP contribution >= 0.6 is 15.9 Å². The van der Waals surface area contributed by atoms with Crippen molar-refractivity contribution < 1.29 is 0 Å². The molecule has 4 heteroatoms. The molecule has 0 amide bonds. The molecule has 0 fully saturated rings. The van der Waals surface area contributed by atoms with Crippen molar-refractivity contribution in [3.63, 3.8) is 0 Å². The van der Waals surface area contributed by atoms with Crippen LogP contribution in [0, 0.1) is 6.92 Å². The molecular formula is C9H7BrN2O. The van der Waals surface area contributed by atoms with Gasteiger partial charge >= 0.3 is 0 Å². The molecule has 2 aromatic heterocycles. The Morgan fingerprint density at radius 3 is 3.00 bits per heavy atom. The highest BCUT2D eigenvalue weighted by Gasteiger charge is 2.01. The summed E-state index contributed by atoms with van der Waals surface area (Å²) in [5, 5.41) is 0.979. The zero-order valence-electron chi connectivity index (χ0n) is 6.97. The first-order valence-corrected chi connectivity index (χ1v) is 4.61. The van der Waals surface area contributed by atoms with Crippen LogP contribution in [0.25, 0.3) is 10.9 Å². The number of rotatable bonds is 0. The van der Waals surface area contributed by atoms with Crippen LogP contribution in [0.2, 0.25) is 0 Å². The van der Waals surface area contributed by atoms with E-state index in [1.54, 1.807) is 19.3 Å². The van der Waals surface area contributed by atoms with E-state index in [-0.39, 0.29) is 5.56 Å². The molecule has 0 atom stereocenters. The van der Waals surface area contributed by atoms with Gasteiger partial charge in [0.25, 0.3) is 5.56 Å². The van der Waals surface area contributed by atoms with Crippen molar-refractivity contribution in [2.24, 2.45) is 0 Å². The van der Waals surface area contributed by atoms with E-state index in [4.69, 9.17) is 0 Å². The number of fused-ring (bicyclic) bond motifs is 1. The summed E-state index contributed by atoms with van der Waals surface area (Å²) in [6, 6.07) is 1.85. The van der Waals surface area contributed by atoms with Crippen molar-refractivity contribution >= 4 is 26.8 Å². The minimum absolute atomic E-state index is 0.0626. The number of H-pyrrole nitrogens is 1. The van der Waals surface area contributed by atoms with Crippen LogP contribution < -0.4 is 5.56 Å². The topological polar surface area (TPSA) is 45.8 Å². The monoisotopic (exact) mass is 238 g/mol. The third-order valence-corrected chi connectivity index (χ3v) is 2.54. The smallest absolute Gasteiger partial charge is 0.251 e. The van der Waals surface area contributed by atoms with E-state index in [2.05, 4.69) is 25.9 Å². The van der Waals surface area contributed by atoms with E-state index in [9.17, 15) is 4.79 Å². The number of pyridine rings is 2. The minimum atomic E-state index is -0.0626. The van der Waals surface area contributed by atoms with Gasteiger partial charge in [0.15, 0.2) is 0 Å². The molecule has 1 N–H and O–H groups in total. The summed E-state index contributed by atoms with van der Waals surface area (Å²) in [5.41, 5.74) is 1.40. The molecule has 0 saturated heterocycles. The van der Waals surface area contributed by atoms with E-state index in [0.29, 0.717) is 5.56 Å². The predicted octanol–water partition coefficient (Wildman–Crippen LogP) is 1.99. The van der Waals surface area contributed by atoms with Crippen LogP contribution in [0.5, 0.6) is 0 Å². The highest BCUT2D eigenvalue weighted by Crippen LogP contribution is 2.19. The van der Waals surface area contributed by atoms with Gasteiger partial charge in [-0.25, -0.2) is 0 Å². The number of aromatic nitrogens is 2. The lowest BCUT2D eigenvalue weighted by Crippen LogP contribution is -2.08. The van der Waals surface area contributed by atoms with Gasteiger partial charge in [0.1, 0.15) is 0 Å². The first-order chi connectivity index (χ1) is 6.18. The summed E-state index contributed by atoms with van der Waals surface area (Å²) >= 11 is 3.37. The molecule has 0 aliphatic heterocycles.